The summed E-state index contributed by atoms with van der Waals surface area (Å²) in [6.07, 6.45) is 3.14. The molecule has 0 aliphatic heterocycles. The van der Waals surface area contributed by atoms with Crippen LogP contribution in [-0.4, -0.2) is 11.7 Å². The highest BCUT2D eigenvalue weighted by molar-refractivity contribution is 5.34. The highest BCUT2D eigenvalue weighted by Gasteiger charge is 2.33. The molecule has 0 heterocycles. The number of benzene rings is 1. The van der Waals surface area contributed by atoms with E-state index in [4.69, 9.17) is 0 Å². The third kappa shape index (κ3) is 1.99. The number of rotatable bonds is 2. The second-order valence-electron chi connectivity index (χ2n) is 5.43. The molecule has 1 aliphatic carbocycles. The molecule has 0 saturated heterocycles. The Hall–Kier alpha value is -0.890. The fourth-order valence-electron chi connectivity index (χ4n) is 2.70. The average molecular weight is 222 g/mol. The Bertz CT molecular complexity index is 384. The Morgan fingerprint density at radius 3 is 2.88 bits per heavy atom. The van der Waals surface area contributed by atoms with Crippen LogP contribution in [0.1, 0.15) is 43.7 Å². The SMILES string of the molecule is CC(C)(CO)C1CCCc2cc(F)ccc21. The molecule has 1 atom stereocenters. The molecule has 1 nitrogen and oxygen atoms in total. The van der Waals surface area contributed by atoms with E-state index in [0.29, 0.717) is 5.92 Å². The van der Waals surface area contributed by atoms with Crippen molar-refractivity contribution in [1.29, 1.82) is 0 Å². The highest BCUT2D eigenvalue weighted by Crippen LogP contribution is 2.43. The van der Waals surface area contributed by atoms with Crippen molar-refractivity contribution in [3.63, 3.8) is 0 Å². The zero-order valence-corrected chi connectivity index (χ0v) is 9.96. The van der Waals surface area contributed by atoms with Crippen LogP contribution < -0.4 is 0 Å². The molecule has 1 aromatic rings. The summed E-state index contributed by atoms with van der Waals surface area (Å²) in [5.74, 6) is 0.197. The molecular weight excluding hydrogens is 203 g/mol. The summed E-state index contributed by atoms with van der Waals surface area (Å²) in [7, 11) is 0. The second-order valence-corrected chi connectivity index (χ2v) is 5.43. The van der Waals surface area contributed by atoms with E-state index in [0.717, 1.165) is 24.8 Å². The summed E-state index contributed by atoms with van der Waals surface area (Å²) in [6.45, 7) is 4.33. The minimum atomic E-state index is -0.152. The Morgan fingerprint density at radius 2 is 2.19 bits per heavy atom. The van der Waals surface area contributed by atoms with Crippen molar-refractivity contribution in [3.05, 3.63) is 35.1 Å². The van der Waals surface area contributed by atoms with Gasteiger partial charge in [-0.15, -0.1) is 0 Å². The minimum Gasteiger partial charge on any atom is -0.396 e. The number of hydrogen-bond donors (Lipinski definition) is 1. The summed E-state index contributed by atoms with van der Waals surface area (Å²) >= 11 is 0. The molecule has 16 heavy (non-hydrogen) atoms. The van der Waals surface area contributed by atoms with Gasteiger partial charge in [-0.3, -0.25) is 0 Å². The largest absolute Gasteiger partial charge is 0.396 e. The lowest BCUT2D eigenvalue weighted by atomic mass is 9.69. The van der Waals surface area contributed by atoms with Gasteiger partial charge in [-0.1, -0.05) is 19.9 Å². The van der Waals surface area contributed by atoms with E-state index < -0.39 is 0 Å². The first-order chi connectivity index (χ1) is 7.54. The van der Waals surface area contributed by atoms with Crippen LogP contribution in [0.15, 0.2) is 18.2 Å². The van der Waals surface area contributed by atoms with Crippen molar-refractivity contribution in [2.45, 2.75) is 39.0 Å². The van der Waals surface area contributed by atoms with Gasteiger partial charge in [-0.05, 0) is 53.9 Å². The van der Waals surface area contributed by atoms with E-state index >= 15 is 0 Å². The Labute approximate surface area is 96.3 Å². The molecule has 1 N–H and O–H groups in total. The number of halogens is 1. The monoisotopic (exact) mass is 222 g/mol. The maximum absolute atomic E-state index is 13.2. The van der Waals surface area contributed by atoms with Crippen molar-refractivity contribution in [2.24, 2.45) is 5.41 Å². The number of hydrogen-bond acceptors (Lipinski definition) is 1. The zero-order chi connectivity index (χ0) is 11.8. The standard InChI is InChI=1S/C14H19FO/c1-14(2,9-16)13-5-3-4-10-8-11(15)6-7-12(10)13/h6-8,13,16H,3-5,9H2,1-2H3. The van der Waals surface area contributed by atoms with E-state index in [2.05, 4.69) is 13.8 Å². The van der Waals surface area contributed by atoms with Crippen LogP contribution in [0, 0.1) is 11.2 Å². The maximum atomic E-state index is 13.2. The van der Waals surface area contributed by atoms with E-state index in [1.807, 2.05) is 6.07 Å². The highest BCUT2D eigenvalue weighted by atomic mass is 19.1. The van der Waals surface area contributed by atoms with Crippen LogP contribution in [0.25, 0.3) is 0 Å². The van der Waals surface area contributed by atoms with E-state index in [1.165, 1.54) is 11.6 Å². The lowest BCUT2D eigenvalue weighted by Gasteiger charge is -2.37. The third-order valence-corrected chi connectivity index (χ3v) is 3.77. The Balaban J connectivity index is 2.40. The Kier molecular flexibility index (Phi) is 3.02. The smallest absolute Gasteiger partial charge is 0.123 e. The Morgan fingerprint density at radius 1 is 1.44 bits per heavy atom. The predicted octanol–water partition coefficient (Wildman–Crippen LogP) is 3.26. The van der Waals surface area contributed by atoms with E-state index in [1.54, 1.807) is 6.07 Å². The first-order valence-corrected chi connectivity index (χ1v) is 5.94. The molecule has 0 aromatic heterocycles. The van der Waals surface area contributed by atoms with Gasteiger partial charge in [0.25, 0.3) is 0 Å². The first kappa shape index (κ1) is 11.6. The van der Waals surface area contributed by atoms with Crippen molar-refractivity contribution in [1.82, 2.24) is 0 Å². The normalized spacial score (nSPS) is 20.6. The molecule has 2 heteroatoms. The number of aliphatic hydroxyl groups is 1. The van der Waals surface area contributed by atoms with Gasteiger partial charge in [-0.25, -0.2) is 4.39 Å². The molecule has 0 amide bonds. The number of aryl methyl sites for hydroxylation is 1. The van der Waals surface area contributed by atoms with Gasteiger partial charge in [0.2, 0.25) is 0 Å². The van der Waals surface area contributed by atoms with Gasteiger partial charge in [-0.2, -0.15) is 0 Å². The van der Waals surface area contributed by atoms with Crippen LogP contribution in [-0.2, 0) is 6.42 Å². The first-order valence-electron chi connectivity index (χ1n) is 5.94. The van der Waals surface area contributed by atoms with Crippen LogP contribution in [0.4, 0.5) is 4.39 Å². The van der Waals surface area contributed by atoms with Crippen molar-refractivity contribution < 1.29 is 9.50 Å². The van der Waals surface area contributed by atoms with Gasteiger partial charge in [0.15, 0.2) is 0 Å². The molecule has 0 saturated carbocycles. The molecule has 88 valence electrons. The van der Waals surface area contributed by atoms with Crippen LogP contribution in [0.2, 0.25) is 0 Å². The lowest BCUT2D eigenvalue weighted by molar-refractivity contribution is 0.122. The van der Waals surface area contributed by atoms with Crippen molar-refractivity contribution in [2.75, 3.05) is 6.61 Å². The van der Waals surface area contributed by atoms with Gasteiger partial charge < -0.3 is 5.11 Å². The lowest BCUT2D eigenvalue weighted by Crippen LogP contribution is -2.29. The molecule has 1 aromatic carbocycles. The molecule has 0 fully saturated rings. The molecule has 0 radical (unpaired) electrons. The summed E-state index contributed by atoms with van der Waals surface area (Å²) < 4.78 is 13.2. The quantitative estimate of drug-likeness (QED) is 0.814. The molecule has 1 aliphatic rings. The summed E-state index contributed by atoms with van der Waals surface area (Å²) in [5.41, 5.74) is 2.23. The molecule has 1 unspecified atom stereocenters. The van der Waals surface area contributed by atoms with Gasteiger partial charge in [0.05, 0.1) is 0 Å². The number of fused-ring (bicyclic) bond motifs is 1. The predicted molar refractivity (Wildman–Crippen MR) is 62.9 cm³/mol. The fraction of sp³-hybridized carbons (Fsp3) is 0.571. The zero-order valence-electron chi connectivity index (χ0n) is 9.96. The topological polar surface area (TPSA) is 20.2 Å². The fourth-order valence-corrected chi connectivity index (χ4v) is 2.70. The van der Waals surface area contributed by atoms with Gasteiger partial charge in [0.1, 0.15) is 5.82 Å². The van der Waals surface area contributed by atoms with Crippen molar-refractivity contribution in [3.8, 4) is 0 Å². The average Bonchev–Trinajstić information content (AvgIpc) is 2.27. The molecule has 0 spiro atoms. The van der Waals surface area contributed by atoms with Gasteiger partial charge in [0, 0.05) is 6.61 Å². The summed E-state index contributed by atoms with van der Waals surface area (Å²) in [4.78, 5) is 0. The van der Waals surface area contributed by atoms with Crippen molar-refractivity contribution >= 4 is 0 Å². The van der Waals surface area contributed by atoms with Crippen LogP contribution >= 0.6 is 0 Å². The third-order valence-electron chi connectivity index (χ3n) is 3.77. The second kappa shape index (κ2) is 4.17. The van der Waals surface area contributed by atoms with Gasteiger partial charge >= 0.3 is 0 Å². The van der Waals surface area contributed by atoms with Crippen LogP contribution in [0.3, 0.4) is 0 Å². The summed E-state index contributed by atoms with van der Waals surface area (Å²) in [5, 5.41) is 9.45. The molecular formula is C14H19FO. The molecule has 0 bridgehead atoms. The van der Waals surface area contributed by atoms with Crippen LogP contribution in [0.5, 0.6) is 0 Å². The minimum absolute atomic E-state index is 0.118. The molecule has 2 rings (SSSR count). The maximum Gasteiger partial charge on any atom is 0.123 e. The van der Waals surface area contributed by atoms with E-state index in [9.17, 15) is 9.50 Å². The summed E-state index contributed by atoms with van der Waals surface area (Å²) in [6, 6.07) is 5.07. The number of aliphatic hydroxyl groups excluding tert-OH is 1. The van der Waals surface area contributed by atoms with E-state index in [-0.39, 0.29) is 17.8 Å².